The third-order valence-electron chi connectivity index (χ3n) is 5.44. The summed E-state index contributed by atoms with van der Waals surface area (Å²) in [5.74, 6) is 0.632. The Bertz CT molecular complexity index is 1110. The molecule has 0 saturated carbocycles. The fraction of sp³-hybridized carbons (Fsp3) is 0.429. The molecule has 0 atom stereocenters. The molecule has 4 rings (SSSR count). The third kappa shape index (κ3) is 3.86. The molecule has 3 heterocycles. The van der Waals surface area contributed by atoms with Crippen molar-refractivity contribution in [2.45, 2.75) is 51.5 Å². The molecule has 154 valence electrons. The molecule has 0 amide bonds. The van der Waals surface area contributed by atoms with E-state index in [4.69, 9.17) is 4.52 Å². The van der Waals surface area contributed by atoms with Crippen molar-refractivity contribution in [2.24, 2.45) is 0 Å². The van der Waals surface area contributed by atoms with Crippen molar-refractivity contribution in [1.29, 1.82) is 0 Å². The first-order chi connectivity index (χ1) is 13.9. The molecule has 0 radical (unpaired) electrons. The minimum Gasteiger partial charge on any atom is -0.359 e. The van der Waals surface area contributed by atoms with Gasteiger partial charge in [-0.25, -0.2) is 8.42 Å². The van der Waals surface area contributed by atoms with Crippen LogP contribution in [0.4, 0.5) is 0 Å². The number of aromatic nitrogens is 3. The molecule has 0 spiro atoms. The lowest BCUT2D eigenvalue weighted by Gasteiger charge is -2.25. The van der Waals surface area contributed by atoms with Crippen LogP contribution in [0.3, 0.4) is 0 Å². The fourth-order valence-electron chi connectivity index (χ4n) is 3.84. The molecule has 1 fully saturated rings. The molecule has 0 aliphatic carbocycles. The van der Waals surface area contributed by atoms with Gasteiger partial charge in [-0.3, -0.25) is 4.68 Å². The number of hydrogen-bond donors (Lipinski definition) is 0. The van der Waals surface area contributed by atoms with Crippen LogP contribution in [0.25, 0.3) is 11.3 Å². The normalized spacial score (nSPS) is 15.7. The monoisotopic (exact) mass is 414 g/mol. The van der Waals surface area contributed by atoms with Gasteiger partial charge in [-0.15, -0.1) is 0 Å². The minimum atomic E-state index is -3.53. The van der Waals surface area contributed by atoms with Crippen LogP contribution in [0.5, 0.6) is 0 Å². The summed E-state index contributed by atoms with van der Waals surface area (Å²) in [6.45, 7) is 7.08. The molecule has 1 aromatic carbocycles. The van der Waals surface area contributed by atoms with E-state index in [0.717, 1.165) is 30.5 Å². The lowest BCUT2D eigenvalue weighted by molar-refractivity contribution is 0.346. The number of hydrogen-bond acceptors (Lipinski definition) is 5. The van der Waals surface area contributed by atoms with Crippen LogP contribution in [0.15, 0.2) is 39.8 Å². The van der Waals surface area contributed by atoms with E-state index in [1.807, 2.05) is 37.3 Å². The Balaban J connectivity index is 1.59. The maximum atomic E-state index is 13.1. The van der Waals surface area contributed by atoms with Gasteiger partial charge < -0.3 is 4.52 Å². The van der Waals surface area contributed by atoms with Crippen molar-refractivity contribution in [3.63, 3.8) is 0 Å². The number of rotatable bonds is 5. The van der Waals surface area contributed by atoms with Crippen LogP contribution in [0.2, 0.25) is 0 Å². The molecule has 2 aromatic heterocycles. The zero-order valence-corrected chi connectivity index (χ0v) is 17.9. The Hall–Kier alpha value is -2.45. The Morgan fingerprint density at radius 1 is 1.03 bits per heavy atom. The van der Waals surface area contributed by atoms with E-state index in [9.17, 15) is 8.42 Å². The Morgan fingerprint density at radius 2 is 1.72 bits per heavy atom. The van der Waals surface area contributed by atoms with Crippen molar-refractivity contribution in [1.82, 2.24) is 19.2 Å². The van der Waals surface area contributed by atoms with Gasteiger partial charge in [0.25, 0.3) is 0 Å². The van der Waals surface area contributed by atoms with Gasteiger partial charge in [0.05, 0.1) is 11.4 Å². The summed E-state index contributed by atoms with van der Waals surface area (Å²) in [7, 11) is -3.53. The van der Waals surface area contributed by atoms with Gasteiger partial charge in [-0.05, 0) is 33.6 Å². The van der Waals surface area contributed by atoms with Crippen molar-refractivity contribution >= 4 is 10.0 Å². The number of aryl methyl sites for hydroxylation is 2. The first-order valence-electron chi connectivity index (χ1n) is 9.93. The summed E-state index contributed by atoms with van der Waals surface area (Å²) in [5, 5.41) is 8.63. The summed E-state index contributed by atoms with van der Waals surface area (Å²) in [6, 6.07) is 9.94. The molecular weight excluding hydrogens is 388 g/mol. The molecule has 29 heavy (non-hydrogen) atoms. The molecule has 0 unspecified atom stereocenters. The largest absolute Gasteiger partial charge is 0.359 e. The van der Waals surface area contributed by atoms with Gasteiger partial charge in [0.1, 0.15) is 17.1 Å². The van der Waals surface area contributed by atoms with E-state index in [0.29, 0.717) is 41.7 Å². The second-order valence-electron chi connectivity index (χ2n) is 7.67. The molecular formula is C21H26N4O3S. The highest BCUT2D eigenvalue weighted by atomic mass is 32.2. The third-order valence-corrected chi connectivity index (χ3v) is 7.59. The predicted octanol–water partition coefficient (Wildman–Crippen LogP) is 3.69. The molecule has 1 saturated heterocycles. The van der Waals surface area contributed by atoms with E-state index in [-0.39, 0.29) is 0 Å². The first kappa shape index (κ1) is 19.8. The summed E-state index contributed by atoms with van der Waals surface area (Å²) < 4.78 is 35.1. The topological polar surface area (TPSA) is 81.2 Å². The van der Waals surface area contributed by atoms with E-state index in [1.165, 1.54) is 5.56 Å². The number of piperidine rings is 1. The number of nitrogens with zero attached hydrogens (tertiary/aromatic N) is 4. The Kier molecular flexibility index (Phi) is 5.31. The van der Waals surface area contributed by atoms with Gasteiger partial charge in [-0.2, -0.15) is 9.40 Å². The highest BCUT2D eigenvalue weighted by Crippen LogP contribution is 2.27. The zero-order chi connectivity index (χ0) is 20.6. The molecule has 1 aliphatic rings. The highest BCUT2D eigenvalue weighted by Gasteiger charge is 2.31. The van der Waals surface area contributed by atoms with E-state index >= 15 is 0 Å². The summed E-state index contributed by atoms with van der Waals surface area (Å²) >= 11 is 0. The molecule has 3 aromatic rings. The average Bonchev–Trinajstić information content (AvgIpc) is 3.28. The zero-order valence-electron chi connectivity index (χ0n) is 17.1. The second kappa shape index (κ2) is 7.76. The average molecular weight is 415 g/mol. The molecule has 1 aliphatic heterocycles. The van der Waals surface area contributed by atoms with Crippen LogP contribution in [-0.2, 0) is 16.6 Å². The van der Waals surface area contributed by atoms with Gasteiger partial charge >= 0.3 is 0 Å². The van der Waals surface area contributed by atoms with E-state index < -0.39 is 10.0 Å². The smallest absolute Gasteiger partial charge is 0.246 e. The van der Waals surface area contributed by atoms with Crippen molar-refractivity contribution < 1.29 is 12.9 Å². The van der Waals surface area contributed by atoms with Gasteiger partial charge in [-0.1, -0.05) is 41.4 Å². The highest BCUT2D eigenvalue weighted by molar-refractivity contribution is 7.89. The van der Waals surface area contributed by atoms with Crippen LogP contribution < -0.4 is 0 Å². The lowest BCUT2D eigenvalue weighted by Crippen LogP contribution is -2.36. The van der Waals surface area contributed by atoms with Crippen molar-refractivity contribution in [3.8, 4) is 11.3 Å². The second-order valence-corrected chi connectivity index (χ2v) is 9.54. The van der Waals surface area contributed by atoms with Gasteiger partial charge in [0.2, 0.25) is 10.0 Å². The molecule has 7 nitrogen and oxygen atoms in total. The maximum absolute atomic E-state index is 13.1. The van der Waals surface area contributed by atoms with Crippen LogP contribution in [-0.4, -0.2) is 40.7 Å². The number of sulfonamides is 1. The fourth-order valence-corrected chi connectivity index (χ4v) is 5.73. The van der Waals surface area contributed by atoms with Gasteiger partial charge in [0, 0.05) is 24.7 Å². The number of benzene rings is 1. The molecule has 0 bridgehead atoms. The van der Waals surface area contributed by atoms with Crippen molar-refractivity contribution in [2.75, 3.05) is 13.1 Å². The summed E-state index contributed by atoms with van der Waals surface area (Å²) in [5.41, 5.74) is 4.06. The van der Waals surface area contributed by atoms with Crippen molar-refractivity contribution in [3.05, 3.63) is 53.0 Å². The quantitative estimate of drug-likeness (QED) is 0.636. The van der Waals surface area contributed by atoms with Gasteiger partial charge in [0.15, 0.2) is 5.76 Å². The maximum Gasteiger partial charge on any atom is 0.246 e. The summed E-state index contributed by atoms with van der Waals surface area (Å²) in [4.78, 5) is 0.317. The molecule has 8 heteroatoms. The van der Waals surface area contributed by atoms with Crippen LogP contribution >= 0.6 is 0 Å². The van der Waals surface area contributed by atoms with Crippen LogP contribution in [0, 0.1) is 20.8 Å². The lowest BCUT2D eigenvalue weighted by atomic mass is 10.1. The minimum absolute atomic E-state index is 0.317. The van der Waals surface area contributed by atoms with Crippen LogP contribution in [0.1, 0.15) is 42.0 Å². The van der Waals surface area contributed by atoms with E-state index in [2.05, 4.69) is 10.3 Å². The van der Waals surface area contributed by atoms with E-state index in [1.54, 1.807) is 22.8 Å². The predicted molar refractivity (Wildman–Crippen MR) is 110 cm³/mol. The molecule has 0 N–H and O–H groups in total. The Labute approximate surface area is 171 Å². The Morgan fingerprint density at radius 3 is 2.41 bits per heavy atom. The SMILES string of the molecule is Cc1ccc(-c2cc(Cn3nc(C)c(S(=O)(=O)N4CCCCC4)c3C)on2)cc1. The first-order valence-corrected chi connectivity index (χ1v) is 11.4. The summed E-state index contributed by atoms with van der Waals surface area (Å²) in [6.07, 6.45) is 2.90. The standard InChI is InChI=1S/C21H26N4O3S/c1-15-7-9-18(10-8-15)20-13-19(28-23-20)14-25-17(3)21(16(2)22-25)29(26,27)24-11-5-4-6-12-24/h7-10,13H,4-6,11-12,14H2,1-3H3.